The van der Waals surface area contributed by atoms with Crippen LogP contribution in [-0.4, -0.2) is 30.2 Å². The maximum Gasteiger partial charge on any atom is 0.416 e. The van der Waals surface area contributed by atoms with E-state index in [2.05, 4.69) is 25.7 Å². The van der Waals surface area contributed by atoms with Crippen molar-refractivity contribution in [1.29, 1.82) is 0 Å². The highest BCUT2D eigenvalue weighted by molar-refractivity contribution is 5.99. The highest BCUT2D eigenvalue weighted by atomic mass is 19.4. The third kappa shape index (κ3) is 4.56. The summed E-state index contributed by atoms with van der Waals surface area (Å²) < 4.78 is 42.2. The van der Waals surface area contributed by atoms with Gasteiger partial charge in [-0.15, -0.1) is 0 Å². The highest BCUT2D eigenvalue weighted by Crippen LogP contribution is 2.31. The van der Waals surface area contributed by atoms with Crippen molar-refractivity contribution in [1.82, 2.24) is 24.1 Å². The number of benzene rings is 2. The Labute approximate surface area is 197 Å². The molecule has 0 spiro atoms. The minimum atomic E-state index is -4.49. The number of nitrogens with zero attached hydrogens (tertiary/aromatic N) is 5. The van der Waals surface area contributed by atoms with Crippen LogP contribution in [0.1, 0.15) is 5.56 Å². The van der Waals surface area contributed by atoms with Crippen molar-refractivity contribution < 1.29 is 18.0 Å². The first-order chi connectivity index (χ1) is 16.8. The van der Waals surface area contributed by atoms with E-state index in [1.165, 1.54) is 18.5 Å². The van der Waals surface area contributed by atoms with E-state index >= 15 is 0 Å². The predicted octanol–water partition coefficient (Wildman–Crippen LogP) is 5.46. The molecule has 3 aromatic heterocycles. The Morgan fingerprint density at radius 1 is 0.914 bits per heavy atom. The first-order valence-corrected chi connectivity index (χ1v) is 10.4. The van der Waals surface area contributed by atoms with Gasteiger partial charge in [-0.2, -0.15) is 18.3 Å². The van der Waals surface area contributed by atoms with E-state index in [1.54, 1.807) is 23.0 Å². The molecule has 2 N–H and O–H groups in total. The summed E-state index contributed by atoms with van der Waals surface area (Å²) in [6.45, 7) is 0. The zero-order valence-electron chi connectivity index (χ0n) is 18.3. The van der Waals surface area contributed by atoms with Gasteiger partial charge in [-0.05, 0) is 42.5 Å². The van der Waals surface area contributed by atoms with Crippen LogP contribution in [0.3, 0.4) is 0 Å². The SMILES string of the molecule is Cn1ncnc1-c1ccn2c(-c3ccc(NC(=O)Nc4cccc(C(F)(F)F)c4)cc3)cnc2c1. The van der Waals surface area contributed by atoms with E-state index in [0.717, 1.165) is 40.4 Å². The van der Waals surface area contributed by atoms with Gasteiger partial charge in [-0.25, -0.2) is 19.4 Å². The number of fused-ring (bicyclic) bond motifs is 1. The van der Waals surface area contributed by atoms with Gasteiger partial charge in [0.15, 0.2) is 5.82 Å². The van der Waals surface area contributed by atoms with E-state index in [-0.39, 0.29) is 5.69 Å². The van der Waals surface area contributed by atoms with Crippen molar-refractivity contribution in [3.63, 3.8) is 0 Å². The summed E-state index contributed by atoms with van der Waals surface area (Å²) in [6.07, 6.45) is 0.653. The molecule has 3 heterocycles. The maximum absolute atomic E-state index is 12.9. The smallest absolute Gasteiger partial charge is 0.308 e. The molecule has 0 saturated carbocycles. The van der Waals surface area contributed by atoms with Crippen molar-refractivity contribution in [3.8, 4) is 22.6 Å². The minimum Gasteiger partial charge on any atom is -0.308 e. The zero-order chi connectivity index (χ0) is 24.6. The lowest BCUT2D eigenvalue weighted by Gasteiger charge is -2.11. The lowest BCUT2D eigenvalue weighted by Crippen LogP contribution is -2.19. The van der Waals surface area contributed by atoms with Gasteiger partial charge in [-0.1, -0.05) is 18.2 Å². The fourth-order valence-electron chi connectivity index (χ4n) is 3.68. The van der Waals surface area contributed by atoms with Crippen molar-refractivity contribution in [3.05, 3.63) is 84.9 Å². The Morgan fingerprint density at radius 2 is 1.69 bits per heavy atom. The fourth-order valence-corrected chi connectivity index (χ4v) is 3.68. The van der Waals surface area contributed by atoms with Gasteiger partial charge in [0.1, 0.15) is 12.0 Å². The molecule has 0 atom stereocenters. The molecule has 0 radical (unpaired) electrons. The van der Waals surface area contributed by atoms with Crippen molar-refractivity contribution in [2.24, 2.45) is 7.05 Å². The molecule has 0 unspecified atom stereocenters. The fraction of sp³-hybridized carbons (Fsp3) is 0.0833. The Balaban J connectivity index is 1.30. The van der Waals surface area contributed by atoms with Crippen molar-refractivity contribution in [2.45, 2.75) is 6.18 Å². The summed E-state index contributed by atoms with van der Waals surface area (Å²) in [4.78, 5) is 21.0. The molecule has 5 rings (SSSR count). The Kier molecular flexibility index (Phi) is 5.44. The van der Waals surface area contributed by atoms with Crippen LogP contribution >= 0.6 is 0 Å². The van der Waals surface area contributed by atoms with Gasteiger partial charge >= 0.3 is 12.2 Å². The number of halogens is 3. The van der Waals surface area contributed by atoms with Gasteiger partial charge < -0.3 is 10.6 Å². The van der Waals surface area contributed by atoms with Crippen LogP contribution in [0.5, 0.6) is 0 Å². The summed E-state index contributed by atoms with van der Waals surface area (Å²) in [7, 11) is 1.82. The molecule has 2 amide bonds. The number of imidazole rings is 1. The van der Waals surface area contributed by atoms with E-state index in [1.807, 2.05) is 41.9 Å². The third-order valence-electron chi connectivity index (χ3n) is 5.37. The molecule has 0 bridgehead atoms. The van der Waals surface area contributed by atoms with Gasteiger partial charge in [0.2, 0.25) is 0 Å². The van der Waals surface area contributed by atoms with Gasteiger partial charge in [0.05, 0.1) is 17.5 Å². The Morgan fingerprint density at radius 3 is 2.40 bits per heavy atom. The number of carbonyl (C=O) groups excluding carboxylic acids is 1. The second kappa shape index (κ2) is 8.60. The van der Waals surface area contributed by atoms with Crippen LogP contribution in [0.15, 0.2) is 79.4 Å². The number of carbonyl (C=O) groups is 1. The average Bonchev–Trinajstić information content (AvgIpc) is 3.45. The van der Waals surface area contributed by atoms with Gasteiger partial charge in [0, 0.05) is 35.7 Å². The number of urea groups is 1. The maximum atomic E-state index is 12.9. The Bertz CT molecular complexity index is 1520. The summed E-state index contributed by atoms with van der Waals surface area (Å²) >= 11 is 0. The third-order valence-corrected chi connectivity index (χ3v) is 5.37. The van der Waals surface area contributed by atoms with E-state index in [0.29, 0.717) is 5.69 Å². The molecular weight excluding hydrogens is 459 g/mol. The highest BCUT2D eigenvalue weighted by Gasteiger charge is 2.30. The number of nitrogens with one attached hydrogen (secondary N) is 2. The number of hydrogen-bond donors (Lipinski definition) is 2. The van der Waals surface area contributed by atoms with E-state index < -0.39 is 17.8 Å². The molecule has 11 heteroatoms. The first kappa shape index (κ1) is 22.1. The normalized spacial score (nSPS) is 11.5. The molecule has 0 aliphatic rings. The molecule has 35 heavy (non-hydrogen) atoms. The van der Waals surface area contributed by atoms with Crippen LogP contribution in [0.2, 0.25) is 0 Å². The second-order valence-electron chi connectivity index (χ2n) is 7.73. The molecule has 8 nitrogen and oxygen atoms in total. The molecule has 5 aromatic rings. The van der Waals surface area contributed by atoms with Crippen LogP contribution < -0.4 is 10.6 Å². The molecule has 0 aliphatic carbocycles. The van der Waals surface area contributed by atoms with E-state index in [9.17, 15) is 18.0 Å². The monoisotopic (exact) mass is 477 g/mol. The number of aryl methyl sites for hydroxylation is 1. The number of rotatable bonds is 4. The second-order valence-corrected chi connectivity index (χ2v) is 7.73. The topological polar surface area (TPSA) is 89.1 Å². The summed E-state index contributed by atoms with van der Waals surface area (Å²) in [6, 6.07) is 14.7. The van der Waals surface area contributed by atoms with Crippen LogP contribution in [-0.2, 0) is 13.2 Å². The number of amides is 2. The summed E-state index contributed by atoms with van der Waals surface area (Å²) in [5.41, 5.74) is 3.04. The number of alkyl halides is 3. The molecule has 0 saturated heterocycles. The Hall–Kier alpha value is -4.67. The first-order valence-electron chi connectivity index (χ1n) is 10.4. The summed E-state index contributed by atoms with van der Waals surface area (Å²) in [5, 5.41) is 9.12. The quantitative estimate of drug-likeness (QED) is 0.360. The standard InChI is InChI=1S/C24H18F3N7O/c1-33-22(29-14-30-33)16-9-10-34-20(13-28-21(34)11-16)15-5-7-18(8-6-15)31-23(35)32-19-4-2-3-17(12-19)24(25,26)27/h2-14H,1H3,(H2,31,32,35). The molecular formula is C24H18F3N7O. The number of hydrogen-bond acceptors (Lipinski definition) is 4. The predicted molar refractivity (Wildman–Crippen MR) is 125 cm³/mol. The number of anilines is 2. The largest absolute Gasteiger partial charge is 0.416 e. The lowest BCUT2D eigenvalue weighted by atomic mass is 10.1. The van der Waals surface area contributed by atoms with Crippen LogP contribution in [0.25, 0.3) is 28.3 Å². The number of pyridine rings is 1. The number of aromatic nitrogens is 5. The van der Waals surface area contributed by atoms with Crippen molar-refractivity contribution in [2.75, 3.05) is 10.6 Å². The minimum absolute atomic E-state index is 0.0420. The lowest BCUT2D eigenvalue weighted by molar-refractivity contribution is -0.137. The van der Waals surface area contributed by atoms with Crippen LogP contribution in [0, 0.1) is 0 Å². The molecule has 0 fully saturated rings. The van der Waals surface area contributed by atoms with E-state index in [4.69, 9.17) is 0 Å². The van der Waals surface area contributed by atoms with Gasteiger partial charge in [-0.3, -0.25) is 4.40 Å². The van der Waals surface area contributed by atoms with Crippen molar-refractivity contribution >= 4 is 23.1 Å². The summed E-state index contributed by atoms with van der Waals surface area (Å²) in [5.74, 6) is 0.732. The zero-order valence-corrected chi connectivity index (χ0v) is 18.3. The molecule has 0 aliphatic heterocycles. The molecule has 176 valence electrons. The average molecular weight is 477 g/mol. The van der Waals surface area contributed by atoms with Crippen LogP contribution in [0.4, 0.5) is 29.3 Å². The van der Waals surface area contributed by atoms with Gasteiger partial charge in [0.25, 0.3) is 0 Å². The molecule has 2 aromatic carbocycles.